The molecule has 0 radical (unpaired) electrons. The lowest BCUT2D eigenvalue weighted by molar-refractivity contribution is 0.0501. The van der Waals surface area contributed by atoms with Crippen molar-refractivity contribution in [3.05, 3.63) is 47.5 Å². The van der Waals surface area contributed by atoms with Gasteiger partial charge in [0.05, 0.1) is 24.5 Å². The van der Waals surface area contributed by atoms with Crippen molar-refractivity contribution in [2.45, 2.75) is 39.0 Å². The summed E-state index contributed by atoms with van der Waals surface area (Å²) in [6, 6.07) is 9.48. The highest BCUT2D eigenvalue weighted by Crippen LogP contribution is 2.34. The molecule has 0 spiro atoms. The van der Waals surface area contributed by atoms with Crippen LogP contribution in [0.5, 0.6) is 0 Å². The Bertz CT molecular complexity index is 776. The first-order valence-electron chi connectivity index (χ1n) is 8.03. The van der Waals surface area contributed by atoms with Crippen molar-refractivity contribution >= 4 is 10.0 Å². The summed E-state index contributed by atoms with van der Waals surface area (Å²) < 4.78 is 32.3. The zero-order valence-corrected chi connectivity index (χ0v) is 14.7. The number of rotatable bonds is 6. The predicted molar refractivity (Wildman–Crippen MR) is 89.7 cm³/mol. The molecule has 0 unspecified atom stereocenters. The van der Waals surface area contributed by atoms with Gasteiger partial charge in [0.1, 0.15) is 5.82 Å². The maximum absolute atomic E-state index is 12.4. The summed E-state index contributed by atoms with van der Waals surface area (Å²) in [5.74, 6) is 1.24. The number of nitrogens with one attached hydrogen (secondary N) is 1. The Kier molecular flexibility index (Phi) is 4.98. The van der Waals surface area contributed by atoms with Crippen LogP contribution >= 0.6 is 0 Å². The van der Waals surface area contributed by atoms with Crippen LogP contribution in [0.3, 0.4) is 0 Å². The van der Waals surface area contributed by atoms with E-state index in [1.807, 2.05) is 30.3 Å². The molecule has 24 heavy (non-hydrogen) atoms. The molecule has 0 saturated carbocycles. The number of H-pyrrole nitrogens is 1. The van der Waals surface area contributed by atoms with Gasteiger partial charge in [-0.05, 0) is 25.8 Å². The highest BCUT2D eigenvalue weighted by atomic mass is 32.2. The first kappa shape index (κ1) is 17.1. The molecule has 1 aliphatic heterocycles. The zero-order valence-electron chi connectivity index (χ0n) is 13.8. The van der Waals surface area contributed by atoms with E-state index in [2.05, 4.69) is 15.2 Å². The van der Waals surface area contributed by atoms with Gasteiger partial charge in [0.15, 0.2) is 5.82 Å². The Morgan fingerprint density at radius 2 is 2.08 bits per heavy atom. The number of hydrogen-bond donors (Lipinski definition) is 1. The summed E-state index contributed by atoms with van der Waals surface area (Å²) in [6.07, 6.45) is 0.388. The van der Waals surface area contributed by atoms with E-state index in [1.165, 1.54) is 4.31 Å². The van der Waals surface area contributed by atoms with E-state index < -0.39 is 10.0 Å². The second-order valence-electron chi connectivity index (χ2n) is 5.92. The lowest BCUT2D eigenvalue weighted by Crippen LogP contribution is -2.33. The first-order chi connectivity index (χ1) is 11.5. The average Bonchev–Trinajstić information content (AvgIpc) is 3.20. The number of aromatic nitrogens is 3. The Morgan fingerprint density at radius 1 is 1.33 bits per heavy atom. The highest BCUT2D eigenvalue weighted by Gasteiger charge is 2.42. The van der Waals surface area contributed by atoms with Gasteiger partial charge in [0, 0.05) is 6.54 Å². The van der Waals surface area contributed by atoms with Crippen molar-refractivity contribution in [1.82, 2.24) is 19.5 Å². The van der Waals surface area contributed by atoms with Crippen LogP contribution in [0.15, 0.2) is 30.3 Å². The first-order valence-corrected chi connectivity index (χ1v) is 9.64. The highest BCUT2D eigenvalue weighted by molar-refractivity contribution is 7.89. The standard InChI is InChI=1S/C16H22N4O3S/c1-3-24(21,22)20-10-14(23-11-13-7-5-4-6-8-13)9-15(20)16-17-12(2)18-19-16/h4-8,14-15H,3,9-11H2,1-2H3,(H,17,18,19)/t14-,15-/m0/s1. The topological polar surface area (TPSA) is 88.2 Å². The molecule has 0 bridgehead atoms. The van der Waals surface area contributed by atoms with Crippen molar-refractivity contribution in [2.24, 2.45) is 0 Å². The van der Waals surface area contributed by atoms with Gasteiger partial charge in [0.25, 0.3) is 0 Å². The van der Waals surface area contributed by atoms with Gasteiger partial charge in [-0.3, -0.25) is 5.10 Å². The maximum Gasteiger partial charge on any atom is 0.214 e. The molecule has 2 heterocycles. The summed E-state index contributed by atoms with van der Waals surface area (Å²) in [5, 5.41) is 6.94. The minimum Gasteiger partial charge on any atom is -0.372 e. The molecule has 3 rings (SSSR count). The SMILES string of the molecule is CCS(=O)(=O)N1C[C@@H](OCc2ccccc2)C[C@H]1c1n[nH]c(C)n1. The van der Waals surface area contributed by atoms with Crippen molar-refractivity contribution in [3.8, 4) is 0 Å². The molecule has 2 aromatic rings. The van der Waals surface area contributed by atoms with E-state index in [4.69, 9.17) is 4.74 Å². The van der Waals surface area contributed by atoms with Gasteiger partial charge in [-0.1, -0.05) is 30.3 Å². The largest absolute Gasteiger partial charge is 0.372 e. The molecule has 7 nitrogen and oxygen atoms in total. The van der Waals surface area contributed by atoms with Crippen LogP contribution in [0.4, 0.5) is 0 Å². The van der Waals surface area contributed by atoms with Gasteiger partial charge in [-0.15, -0.1) is 0 Å². The molecule has 1 saturated heterocycles. The van der Waals surface area contributed by atoms with Crippen molar-refractivity contribution in [2.75, 3.05) is 12.3 Å². The minimum absolute atomic E-state index is 0.0539. The van der Waals surface area contributed by atoms with E-state index in [9.17, 15) is 8.42 Å². The van der Waals surface area contributed by atoms with E-state index in [0.29, 0.717) is 31.2 Å². The number of hydrogen-bond acceptors (Lipinski definition) is 5. The number of aryl methyl sites for hydroxylation is 1. The van der Waals surface area contributed by atoms with Gasteiger partial charge in [-0.2, -0.15) is 9.40 Å². The second kappa shape index (κ2) is 7.00. The number of aromatic amines is 1. The third kappa shape index (κ3) is 3.66. The lowest BCUT2D eigenvalue weighted by atomic mass is 10.2. The van der Waals surface area contributed by atoms with Gasteiger partial charge in [0.2, 0.25) is 10.0 Å². The molecule has 0 amide bonds. The third-order valence-electron chi connectivity index (χ3n) is 4.18. The van der Waals surface area contributed by atoms with E-state index in [-0.39, 0.29) is 17.9 Å². The maximum atomic E-state index is 12.4. The summed E-state index contributed by atoms with van der Waals surface area (Å²) >= 11 is 0. The van der Waals surface area contributed by atoms with Gasteiger partial charge in [-0.25, -0.2) is 13.4 Å². The van der Waals surface area contributed by atoms with Crippen LogP contribution in [-0.2, 0) is 21.4 Å². The number of ether oxygens (including phenoxy) is 1. The fourth-order valence-electron chi connectivity index (χ4n) is 2.89. The number of nitrogens with zero attached hydrogens (tertiary/aromatic N) is 3. The van der Waals surface area contributed by atoms with Crippen molar-refractivity contribution < 1.29 is 13.2 Å². The molecule has 1 aliphatic rings. The van der Waals surface area contributed by atoms with E-state index >= 15 is 0 Å². The molecule has 1 N–H and O–H groups in total. The van der Waals surface area contributed by atoms with Crippen LogP contribution in [-0.4, -0.2) is 46.3 Å². The van der Waals surface area contributed by atoms with Crippen LogP contribution in [0.1, 0.15) is 36.6 Å². The summed E-state index contributed by atoms with van der Waals surface area (Å²) in [6.45, 7) is 4.24. The molecule has 1 fully saturated rings. The molecule has 2 atom stereocenters. The summed E-state index contributed by atoms with van der Waals surface area (Å²) in [7, 11) is -3.34. The van der Waals surface area contributed by atoms with Crippen LogP contribution in [0.2, 0.25) is 0 Å². The predicted octanol–water partition coefficient (Wildman–Crippen LogP) is 1.80. The Hall–Kier alpha value is -1.77. The zero-order chi connectivity index (χ0) is 17.2. The fraction of sp³-hybridized carbons (Fsp3) is 0.500. The third-order valence-corrected chi connectivity index (χ3v) is 6.03. The smallest absolute Gasteiger partial charge is 0.214 e. The quantitative estimate of drug-likeness (QED) is 0.858. The fourth-order valence-corrected chi connectivity index (χ4v) is 4.19. The number of benzene rings is 1. The molecule has 0 aliphatic carbocycles. The molecule has 1 aromatic heterocycles. The summed E-state index contributed by atoms with van der Waals surface area (Å²) in [5.41, 5.74) is 1.07. The molecule has 130 valence electrons. The molecule has 8 heteroatoms. The molecular formula is C16H22N4O3S. The van der Waals surface area contributed by atoms with Crippen molar-refractivity contribution in [1.29, 1.82) is 0 Å². The minimum atomic E-state index is -3.34. The van der Waals surface area contributed by atoms with Crippen LogP contribution in [0.25, 0.3) is 0 Å². The Labute approximate surface area is 142 Å². The molecular weight excluding hydrogens is 328 g/mol. The Balaban J connectivity index is 1.75. The van der Waals surface area contributed by atoms with Crippen LogP contribution in [0, 0.1) is 6.92 Å². The second-order valence-corrected chi connectivity index (χ2v) is 8.13. The normalized spacial score (nSPS) is 22.1. The van der Waals surface area contributed by atoms with Crippen molar-refractivity contribution in [3.63, 3.8) is 0 Å². The average molecular weight is 350 g/mol. The Morgan fingerprint density at radius 3 is 2.71 bits per heavy atom. The summed E-state index contributed by atoms with van der Waals surface area (Å²) in [4.78, 5) is 4.32. The van der Waals surface area contributed by atoms with Crippen LogP contribution < -0.4 is 0 Å². The van der Waals surface area contributed by atoms with Gasteiger partial charge < -0.3 is 4.74 Å². The van der Waals surface area contributed by atoms with Gasteiger partial charge >= 0.3 is 0 Å². The lowest BCUT2D eigenvalue weighted by Gasteiger charge is -2.20. The monoisotopic (exact) mass is 350 g/mol. The van der Waals surface area contributed by atoms with E-state index in [1.54, 1.807) is 13.8 Å². The van der Waals surface area contributed by atoms with E-state index in [0.717, 1.165) is 5.56 Å². The molecule has 1 aromatic carbocycles. The number of sulfonamides is 1.